The quantitative estimate of drug-likeness (QED) is 0.614. The number of hydrogen-bond donors (Lipinski definition) is 0. The molecule has 122 valence electrons. The maximum atomic E-state index is 12.8. The number of carbonyl (C=O) groups is 4. The number of hydrogen-bond acceptors (Lipinski definition) is 5. The minimum absolute atomic E-state index is 0.0712. The van der Waals surface area contributed by atoms with Crippen molar-refractivity contribution in [2.24, 2.45) is 11.8 Å². The van der Waals surface area contributed by atoms with Crippen molar-refractivity contribution >= 4 is 23.3 Å². The molecule has 1 fully saturated rings. The number of allylic oxidation sites excluding steroid dienone is 4. The van der Waals surface area contributed by atoms with Crippen molar-refractivity contribution in [3.8, 4) is 0 Å². The molecule has 6 nitrogen and oxygen atoms in total. The SMILES string of the molecule is CC1C(=O)C=C2C(=C3C=CC=CC3N3CC(=O)C(C)C(=O)N23)C1=O. The van der Waals surface area contributed by atoms with E-state index < -0.39 is 17.7 Å². The van der Waals surface area contributed by atoms with E-state index in [4.69, 9.17) is 0 Å². The molecule has 0 bridgehead atoms. The molecule has 0 spiro atoms. The second kappa shape index (κ2) is 4.95. The molecule has 0 aromatic carbocycles. The number of amides is 1. The van der Waals surface area contributed by atoms with Crippen molar-refractivity contribution in [2.45, 2.75) is 19.9 Å². The Balaban J connectivity index is 1.98. The van der Waals surface area contributed by atoms with Crippen LogP contribution >= 0.6 is 0 Å². The van der Waals surface area contributed by atoms with Gasteiger partial charge >= 0.3 is 0 Å². The molecule has 2 heterocycles. The Morgan fingerprint density at radius 1 is 1.04 bits per heavy atom. The summed E-state index contributed by atoms with van der Waals surface area (Å²) >= 11 is 0. The molecule has 4 rings (SSSR count). The van der Waals surface area contributed by atoms with Crippen LogP contribution in [0.25, 0.3) is 0 Å². The normalized spacial score (nSPS) is 32.7. The van der Waals surface area contributed by atoms with Gasteiger partial charge in [0, 0.05) is 11.6 Å². The lowest BCUT2D eigenvalue weighted by atomic mass is 9.79. The van der Waals surface area contributed by atoms with Crippen molar-refractivity contribution in [3.05, 3.63) is 47.2 Å². The number of rotatable bonds is 0. The third-order valence-corrected chi connectivity index (χ3v) is 5.08. The van der Waals surface area contributed by atoms with E-state index in [2.05, 4.69) is 0 Å². The summed E-state index contributed by atoms with van der Waals surface area (Å²) in [5.41, 5.74) is 1.46. The third-order valence-electron chi connectivity index (χ3n) is 5.08. The molecule has 3 atom stereocenters. The van der Waals surface area contributed by atoms with Crippen LogP contribution in [0.2, 0.25) is 0 Å². The molecule has 1 saturated heterocycles. The second-order valence-electron chi connectivity index (χ2n) is 6.47. The molecule has 24 heavy (non-hydrogen) atoms. The second-order valence-corrected chi connectivity index (χ2v) is 6.47. The van der Waals surface area contributed by atoms with E-state index >= 15 is 0 Å². The first-order valence-electron chi connectivity index (χ1n) is 7.94. The first kappa shape index (κ1) is 15.0. The van der Waals surface area contributed by atoms with Gasteiger partial charge in [0.05, 0.1) is 30.1 Å². The maximum absolute atomic E-state index is 12.8. The molecule has 4 aliphatic rings. The first-order chi connectivity index (χ1) is 11.4. The van der Waals surface area contributed by atoms with Crippen LogP contribution in [-0.2, 0) is 19.2 Å². The molecule has 1 amide bonds. The van der Waals surface area contributed by atoms with Crippen LogP contribution in [0.15, 0.2) is 47.2 Å². The Morgan fingerprint density at radius 3 is 2.54 bits per heavy atom. The molecule has 0 radical (unpaired) electrons. The van der Waals surface area contributed by atoms with Gasteiger partial charge in [-0.2, -0.15) is 5.01 Å². The predicted octanol–water partition coefficient (Wildman–Crippen LogP) is 0.727. The molecule has 2 aliphatic carbocycles. The minimum Gasteiger partial charge on any atom is -0.297 e. The average Bonchev–Trinajstić information content (AvgIpc) is 2.57. The maximum Gasteiger partial charge on any atom is 0.251 e. The van der Waals surface area contributed by atoms with Crippen LogP contribution in [0.3, 0.4) is 0 Å². The zero-order chi connectivity index (χ0) is 17.2. The fourth-order valence-corrected chi connectivity index (χ4v) is 3.58. The van der Waals surface area contributed by atoms with E-state index in [1.807, 2.05) is 24.3 Å². The van der Waals surface area contributed by atoms with Crippen LogP contribution in [0, 0.1) is 11.8 Å². The summed E-state index contributed by atoms with van der Waals surface area (Å²) in [5.74, 6) is -2.67. The Hall–Kier alpha value is -2.60. The van der Waals surface area contributed by atoms with Crippen LogP contribution in [0.5, 0.6) is 0 Å². The predicted molar refractivity (Wildman–Crippen MR) is 84.1 cm³/mol. The molecule has 2 aliphatic heterocycles. The van der Waals surface area contributed by atoms with Crippen LogP contribution in [0.1, 0.15) is 13.8 Å². The topological polar surface area (TPSA) is 74.8 Å². The highest BCUT2D eigenvalue weighted by Crippen LogP contribution is 2.41. The van der Waals surface area contributed by atoms with Crippen molar-refractivity contribution < 1.29 is 19.2 Å². The summed E-state index contributed by atoms with van der Waals surface area (Å²) in [4.78, 5) is 49.8. The molecular formula is C18H16N2O4. The summed E-state index contributed by atoms with van der Waals surface area (Å²) in [7, 11) is 0. The summed E-state index contributed by atoms with van der Waals surface area (Å²) < 4.78 is 0. The van der Waals surface area contributed by atoms with E-state index in [0.29, 0.717) is 11.3 Å². The van der Waals surface area contributed by atoms with Crippen LogP contribution in [-0.4, -0.2) is 45.9 Å². The number of carbonyl (C=O) groups excluding carboxylic acids is 4. The molecule has 0 aromatic rings. The number of hydrazine groups is 1. The summed E-state index contributed by atoms with van der Waals surface area (Å²) in [6, 6.07) is -0.355. The lowest BCUT2D eigenvalue weighted by Gasteiger charge is -2.49. The highest BCUT2D eigenvalue weighted by Gasteiger charge is 2.50. The van der Waals surface area contributed by atoms with Crippen molar-refractivity contribution in [1.82, 2.24) is 10.0 Å². The highest BCUT2D eigenvalue weighted by atomic mass is 16.2. The van der Waals surface area contributed by atoms with Gasteiger partial charge in [0.15, 0.2) is 17.3 Å². The van der Waals surface area contributed by atoms with Crippen molar-refractivity contribution in [3.63, 3.8) is 0 Å². The fourth-order valence-electron chi connectivity index (χ4n) is 3.58. The summed E-state index contributed by atoms with van der Waals surface area (Å²) in [5, 5.41) is 3.01. The van der Waals surface area contributed by atoms with Crippen molar-refractivity contribution in [1.29, 1.82) is 0 Å². The van der Waals surface area contributed by atoms with Crippen LogP contribution in [0.4, 0.5) is 0 Å². The molecular weight excluding hydrogens is 308 g/mol. The minimum atomic E-state index is -0.780. The number of ketones is 3. The Bertz CT molecular complexity index is 830. The lowest BCUT2D eigenvalue weighted by molar-refractivity contribution is -0.164. The van der Waals surface area contributed by atoms with Gasteiger partial charge in [0.1, 0.15) is 0 Å². The van der Waals surface area contributed by atoms with Gasteiger partial charge in [-0.25, -0.2) is 5.01 Å². The fraction of sp³-hybridized carbons (Fsp3) is 0.333. The molecule has 6 heteroatoms. The van der Waals surface area contributed by atoms with Gasteiger partial charge in [-0.1, -0.05) is 24.3 Å². The number of nitrogens with zero attached hydrogens (tertiary/aromatic N) is 2. The molecule has 0 saturated carbocycles. The zero-order valence-corrected chi connectivity index (χ0v) is 13.4. The molecule has 0 aromatic heterocycles. The van der Waals surface area contributed by atoms with Gasteiger partial charge in [0.25, 0.3) is 5.91 Å². The number of Topliss-reactive ketones (excluding diaryl/α,β-unsaturated/α-hetero) is 2. The smallest absolute Gasteiger partial charge is 0.251 e. The van der Waals surface area contributed by atoms with Gasteiger partial charge in [-0.15, -0.1) is 0 Å². The van der Waals surface area contributed by atoms with E-state index in [0.717, 1.165) is 5.57 Å². The highest BCUT2D eigenvalue weighted by molar-refractivity contribution is 6.21. The Morgan fingerprint density at radius 2 is 1.79 bits per heavy atom. The summed E-state index contributed by atoms with van der Waals surface area (Å²) in [6.45, 7) is 3.22. The van der Waals surface area contributed by atoms with Gasteiger partial charge in [0.2, 0.25) is 0 Å². The Kier molecular flexibility index (Phi) is 3.08. The van der Waals surface area contributed by atoms with Crippen LogP contribution < -0.4 is 0 Å². The van der Waals surface area contributed by atoms with E-state index in [-0.39, 0.29) is 29.9 Å². The van der Waals surface area contributed by atoms with Gasteiger partial charge in [-0.05, 0) is 19.4 Å². The van der Waals surface area contributed by atoms with Gasteiger partial charge < -0.3 is 0 Å². The van der Waals surface area contributed by atoms with Gasteiger partial charge in [-0.3, -0.25) is 19.2 Å². The summed E-state index contributed by atoms with van der Waals surface area (Å²) in [6.07, 6.45) is 8.69. The average molecular weight is 324 g/mol. The van der Waals surface area contributed by atoms with E-state index in [1.54, 1.807) is 18.9 Å². The lowest BCUT2D eigenvalue weighted by Crippen LogP contribution is -2.63. The standard InChI is InChI=1S/C18H16N2O4/c1-9-14(21)7-13-16(17(9)23)11-5-3-4-6-12(11)19-8-15(22)10(2)18(24)20(13)19/h3-7,9-10,12H,8H2,1-2H3. The van der Waals surface area contributed by atoms with Crippen molar-refractivity contribution in [2.75, 3.05) is 6.54 Å². The third kappa shape index (κ3) is 1.80. The van der Waals surface area contributed by atoms with E-state index in [9.17, 15) is 19.2 Å². The zero-order valence-electron chi connectivity index (χ0n) is 13.4. The Labute approximate surface area is 138 Å². The molecule has 0 N–H and O–H groups in total. The number of fused-ring (bicyclic) bond motifs is 5. The molecule has 3 unspecified atom stereocenters. The van der Waals surface area contributed by atoms with E-state index in [1.165, 1.54) is 11.1 Å². The monoisotopic (exact) mass is 324 g/mol. The first-order valence-corrected chi connectivity index (χ1v) is 7.94. The largest absolute Gasteiger partial charge is 0.297 e.